The lowest BCUT2D eigenvalue weighted by Gasteiger charge is -2.26. The van der Waals surface area contributed by atoms with E-state index >= 15 is 0 Å². The summed E-state index contributed by atoms with van der Waals surface area (Å²) in [6, 6.07) is 5.64. The Balaban J connectivity index is 2.62. The van der Waals surface area contributed by atoms with E-state index in [-0.39, 0.29) is 5.57 Å². The maximum atomic E-state index is 12.1. The van der Waals surface area contributed by atoms with Gasteiger partial charge < -0.3 is 19.8 Å². The molecular formula is C15H15NO6. The molecule has 116 valence electrons. The average Bonchev–Trinajstić information content (AvgIpc) is 2.71. The lowest BCUT2D eigenvalue weighted by molar-refractivity contribution is -0.144. The van der Waals surface area contributed by atoms with E-state index in [0.29, 0.717) is 11.3 Å². The third-order valence-electron chi connectivity index (χ3n) is 3.42. The molecule has 1 aromatic rings. The van der Waals surface area contributed by atoms with Gasteiger partial charge in [-0.1, -0.05) is 18.2 Å². The molecule has 22 heavy (non-hydrogen) atoms. The fraction of sp³-hybridized carbons (Fsp3) is 0.267. The number of carbonyl (C=O) groups excluding carboxylic acids is 2. The minimum atomic E-state index is -1.24. The fourth-order valence-electron chi connectivity index (χ4n) is 2.54. The van der Waals surface area contributed by atoms with Gasteiger partial charge >= 0.3 is 5.97 Å². The van der Waals surface area contributed by atoms with Crippen molar-refractivity contribution in [2.45, 2.75) is 13.0 Å². The molecule has 0 saturated carbocycles. The Hall–Kier alpha value is -2.83. The molecule has 1 aliphatic rings. The van der Waals surface area contributed by atoms with Crippen LogP contribution in [0.15, 0.2) is 35.6 Å². The van der Waals surface area contributed by atoms with Gasteiger partial charge in [-0.05, 0) is 13.0 Å². The van der Waals surface area contributed by atoms with Crippen molar-refractivity contribution in [1.82, 2.24) is 4.90 Å². The van der Waals surface area contributed by atoms with Gasteiger partial charge in [-0.2, -0.15) is 0 Å². The van der Waals surface area contributed by atoms with Crippen LogP contribution >= 0.6 is 0 Å². The van der Waals surface area contributed by atoms with Crippen molar-refractivity contribution < 1.29 is 29.3 Å². The van der Waals surface area contributed by atoms with Gasteiger partial charge in [-0.15, -0.1) is 0 Å². The summed E-state index contributed by atoms with van der Waals surface area (Å²) < 4.78 is 5.21. The second-order valence-electron chi connectivity index (χ2n) is 4.79. The van der Waals surface area contributed by atoms with E-state index in [2.05, 4.69) is 0 Å². The van der Waals surface area contributed by atoms with Gasteiger partial charge in [0.05, 0.1) is 18.7 Å². The SMILES string of the molecule is COc1ccccc1[C@H]1C(C(C)=O)=C(O)C(=O)N1CC(=O)O. The smallest absolute Gasteiger partial charge is 0.323 e. The molecule has 7 heteroatoms. The predicted octanol–water partition coefficient (Wildman–Crippen LogP) is 1.06. The molecule has 0 unspecified atom stereocenters. The number of aliphatic hydroxyl groups excluding tert-OH is 1. The summed E-state index contributed by atoms with van der Waals surface area (Å²) in [6.45, 7) is 0.577. The van der Waals surface area contributed by atoms with Crippen LogP contribution in [0.25, 0.3) is 0 Å². The zero-order valence-electron chi connectivity index (χ0n) is 12.1. The van der Waals surface area contributed by atoms with E-state index < -0.39 is 36.0 Å². The monoisotopic (exact) mass is 305 g/mol. The molecule has 1 atom stereocenters. The van der Waals surface area contributed by atoms with Crippen LogP contribution in [0.4, 0.5) is 0 Å². The normalized spacial score (nSPS) is 17.8. The number of aliphatic carboxylic acids is 1. The number of methoxy groups -OCH3 is 1. The summed E-state index contributed by atoms with van der Waals surface area (Å²) in [5, 5.41) is 18.9. The van der Waals surface area contributed by atoms with Crippen LogP contribution in [0.5, 0.6) is 5.75 Å². The second-order valence-corrected chi connectivity index (χ2v) is 4.79. The molecule has 2 rings (SSSR count). The molecule has 0 aliphatic carbocycles. The number of Topliss-reactive ketones (excluding diaryl/α,β-unsaturated/α-hetero) is 1. The Morgan fingerprint density at radius 3 is 2.50 bits per heavy atom. The second kappa shape index (κ2) is 5.88. The molecule has 1 heterocycles. The van der Waals surface area contributed by atoms with Gasteiger partial charge in [0.2, 0.25) is 0 Å². The van der Waals surface area contributed by atoms with E-state index in [9.17, 15) is 19.5 Å². The van der Waals surface area contributed by atoms with E-state index in [1.807, 2.05) is 0 Å². The number of carbonyl (C=O) groups is 3. The Morgan fingerprint density at radius 2 is 1.95 bits per heavy atom. The van der Waals surface area contributed by atoms with E-state index in [1.54, 1.807) is 24.3 Å². The van der Waals surface area contributed by atoms with Gasteiger partial charge in [-0.3, -0.25) is 14.4 Å². The van der Waals surface area contributed by atoms with Crippen LogP contribution < -0.4 is 4.74 Å². The van der Waals surface area contributed by atoms with Gasteiger partial charge in [-0.25, -0.2) is 0 Å². The average molecular weight is 305 g/mol. The Kier molecular flexibility index (Phi) is 4.16. The minimum absolute atomic E-state index is 0.129. The molecule has 0 saturated heterocycles. The molecule has 1 amide bonds. The van der Waals surface area contributed by atoms with Crippen molar-refractivity contribution in [2.75, 3.05) is 13.7 Å². The topological polar surface area (TPSA) is 104 Å². The maximum absolute atomic E-state index is 12.1. The molecule has 1 aliphatic heterocycles. The number of carboxylic acids is 1. The Morgan fingerprint density at radius 1 is 1.32 bits per heavy atom. The summed E-state index contributed by atoms with van der Waals surface area (Å²) in [5.74, 6) is -2.96. The number of amides is 1. The summed E-state index contributed by atoms with van der Waals surface area (Å²) >= 11 is 0. The Labute approximate surface area is 126 Å². The molecule has 0 radical (unpaired) electrons. The molecule has 0 aromatic heterocycles. The standard InChI is InChI=1S/C15H15NO6/c1-8(17)12-13(9-5-3-4-6-10(9)22-2)16(7-11(18)19)15(21)14(12)20/h3-6,13,20H,7H2,1-2H3,(H,18,19)/t13-/m0/s1. The van der Waals surface area contributed by atoms with Crippen molar-refractivity contribution in [1.29, 1.82) is 0 Å². The zero-order valence-corrected chi connectivity index (χ0v) is 12.1. The van der Waals surface area contributed by atoms with Crippen molar-refractivity contribution in [3.63, 3.8) is 0 Å². The van der Waals surface area contributed by atoms with E-state index in [0.717, 1.165) is 4.90 Å². The quantitative estimate of drug-likeness (QED) is 0.843. The number of ketones is 1. The summed E-state index contributed by atoms with van der Waals surface area (Å²) in [5.41, 5.74) is 0.310. The highest BCUT2D eigenvalue weighted by Crippen LogP contribution is 2.40. The fourth-order valence-corrected chi connectivity index (χ4v) is 2.54. The van der Waals surface area contributed by atoms with Crippen molar-refractivity contribution >= 4 is 17.7 Å². The van der Waals surface area contributed by atoms with Crippen LogP contribution in [-0.4, -0.2) is 46.4 Å². The molecule has 7 nitrogen and oxygen atoms in total. The number of para-hydroxylation sites is 1. The number of hydrogen-bond donors (Lipinski definition) is 2. The zero-order chi connectivity index (χ0) is 16.4. The number of hydrogen-bond acceptors (Lipinski definition) is 5. The van der Waals surface area contributed by atoms with Gasteiger partial charge in [0.1, 0.15) is 12.3 Å². The highest BCUT2D eigenvalue weighted by molar-refractivity contribution is 6.08. The lowest BCUT2D eigenvalue weighted by atomic mass is 9.96. The first-order chi connectivity index (χ1) is 10.4. The summed E-state index contributed by atoms with van der Waals surface area (Å²) in [6.07, 6.45) is 0. The van der Waals surface area contributed by atoms with Crippen molar-refractivity contribution in [3.8, 4) is 5.75 Å². The maximum Gasteiger partial charge on any atom is 0.323 e. The first kappa shape index (κ1) is 15.6. The van der Waals surface area contributed by atoms with Crippen molar-refractivity contribution in [3.05, 3.63) is 41.2 Å². The van der Waals surface area contributed by atoms with Gasteiger partial charge in [0, 0.05) is 5.56 Å². The van der Waals surface area contributed by atoms with Crippen LogP contribution in [0.3, 0.4) is 0 Å². The van der Waals surface area contributed by atoms with Crippen LogP contribution in [0.2, 0.25) is 0 Å². The third kappa shape index (κ3) is 2.52. The predicted molar refractivity (Wildman–Crippen MR) is 75.4 cm³/mol. The molecular weight excluding hydrogens is 290 g/mol. The molecule has 0 bridgehead atoms. The van der Waals surface area contributed by atoms with Gasteiger partial charge in [0.25, 0.3) is 5.91 Å². The minimum Gasteiger partial charge on any atom is -0.503 e. The number of rotatable bonds is 5. The molecule has 1 aromatic carbocycles. The third-order valence-corrected chi connectivity index (χ3v) is 3.42. The first-order valence-electron chi connectivity index (χ1n) is 6.48. The van der Waals surface area contributed by atoms with Gasteiger partial charge in [0.15, 0.2) is 11.5 Å². The number of nitrogens with zero attached hydrogens (tertiary/aromatic N) is 1. The summed E-state index contributed by atoms with van der Waals surface area (Å²) in [4.78, 5) is 35.9. The number of aliphatic hydroxyl groups is 1. The highest BCUT2D eigenvalue weighted by Gasteiger charge is 2.44. The van der Waals surface area contributed by atoms with Crippen LogP contribution in [0.1, 0.15) is 18.5 Å². The van der Waals surface area contributed by atoms with E-state index in [4.69, 9.17) is 9.84 Å². The van der Waals surface area contributed by atoms with Crippen molar-refractivity contribution in [2.24, 2.45) is 0 Å². The number of benzene rings is 1. The molecule has 2 N–H and O–H groups in total. The molecule has 0 spiro atoms. The number of carboxylic acid groups (broad SMARTS) is 1. The lowest BCUT2D eigenvalue weighted by Crippen LogP contribution is -2.35. The number of ether oxygens (including phenoxy) is 1. The van der Waals surface area contributed by atoms with Crippen LogP contribution in [-0.2, 0) is 14.4 Å². The highest BCUT2D eigenvalue weighted by atomic mass is 16.5. The largest absolute Gasteiger partial charge is 0.503 e. The molecule has 0 fully saturated rings. The Bertz CT molecular complexity index is 678. The first-order valence-corrected chi connectivity index (χ1v) is 6.48. The summed E-state index contributed by atoms with van der Waals surface area (Å²) in [7, 11) is 1.42. The van der Waals surface area contributed by atoms with E-state index in [1.165, 1.54) is 14.0 Å². The van der Waals surface area contributed by atoms with Crippen LogP contribution in [0, 0.1) is 0 Å².